The van der Waals surface area contributed by atoms with Crippen LogP contribution in [0, 0.1) is 5.92 Å². The number of rotatable bonds is 7. The molecule has 1 aliphatic heterocycles. The zero-order chi connectivity index (χ0) is 14.4. The van der Waals surface area contributed by atoms with Crippen LogP contribution in [0.4, 0.5) is 0 Å². The molecular formula is C17H33NO2. The summed E-state index contributed by atoms with van der Waals surface area (Å²) in [4.78, 5) is 2.60. The van der Waals surface area contributed by atoms with Crippen LogP contribution < -0.4 is 0 Å². The molecular weight excluding hydrogens is 250 g/mol. The molecule has 0 aromatic heterocycles. The van der Waals surface area contributed by atoms with Crippen LogP contribution in [0.3, 0.4) is 0 Å². The van der Waals surface area contributed by atoms with Crippen LogP contribution in [0.5, 0.6) is 0 Å². The molecule has 1 heterocycles. The highest BCUT2D eigenvalue weighted by molar-refractivity contribution is 4.86. The van der Waals surface area contributed by atoms with Crippen LogP contribution in [0.25, 0.3) is 0 Å². The second-order valence-electron chi connectivity index (χ2n) is 6.69. The third-order valence-corrected chi connectivity index (χ3v) is 5.24. The van der Waals surface area contributed by atoms with E-state index < -0.39 is 0 Å². The van der Waals surface area contributed by atoms with E-state index in [1.807, 2.05) is 0 Å². The topological polar surface area (TPSA) is 21.7 Å². The Bertz CT molecular complexity index is 266. The maximum atomic E-state index is 5.82. The number of nitrogens with zero attached hydrogens (tertiary/aromatic N) is 1. The molecule has 3 nitrogen and oxygen atoms in total. The van der Waals surface area contributed by atoms with Crippen LogP contribution in [0.15, 0.2) is 0 Å². The first-order valence-electron chi connectivity index (χ1n) is 8.67. The molecule has 0 aromatic rings. The van der Waals surface area contributed by atoms with Gasteiger partial charge in [-0.1, -0.05) is 33.1 Å². The predicted octanol–water partition coefficient (Wildman–Crippen LogP) is 3.82. The van der Waals surface area contributed by atoms with Crippen molar-refractivity contribution in [1.82, 2.24) is 4.90 Å². The molecule has 1 atom stereocenters. The summed E-state index contributed by atoms with van der Waals surface area (Å²) in [6.45, 7) is 7.46. The fourth-order valence-corrected chi connectivity index (χ4v) is 3.74. The lowest BCUT2D eigenvalue weighted by atomic mass is 9.88. The molecule has 1 saturated heterocycles. The Hall–Kier alpha value is -0.120. The van der Waals surface area contributed by atoms with Crippen LogP contribution >= 0.6 is 0 Å². The fraction of sp³-hybridized carbons (Fsp3) is 1.00. The maximum Gasteiger partial charge on any atom is 0.168 e. The van der Waals surface area contributed by atoms with Crippen LogP contribution in [-0.2, 0) is 9.47 Å². The molecule has 0 N–H and O–H groups in total. The standard InChI is InChI=1S/C17H33NO2/c1-4-6-7-15(5-2)14-18(3)16-8-10-17(11-9-16)19-12-13-20-17/h15-16H,4-14H2,1-3H3. The summed E-state index contributed by atoms with van der Waals surface area (Å²) < 4.78 is 11.6. The molecule has 118 valence electrons. The Morgan fingerprint density at radius 1 is 1.15 bits per heavy atom. The second-order valence-corrected chi connectivity index (χ2v) is 6.69. The van der Waals surface area contributed by atoms with Gasteiger partial charge in [-0.25, -0.2) is 0 Å². The molecule has 20 heavy (non-hydrogen) atoms. The molecule has 2 rings (SSSR count). The number of hydrogen-bond acceptors (Lipinski definition) is 3. The van der Waals surface area contributed by atoms with Gasteiger partial charge in [0.25, 0.3) is 0 Å². The summed E-state index contributed by atoms with van der Waals surface area (Å²) in [6, 6.07) is 0.726. The summed E-state index contributed by atoms with van der Waals surface area (Å²) in [5, 5.41) is 0. The zero-order valence-corrected chi connectivity index (χ0v) is 13.7. The highest BCUT2D eigenvalue weighted by Crippen LogP contribution is 2.37. The van der Waals surface area contributed by atoms with Crippen molar-refractivity contribution < 1.29 is 9.47 Å². The van der Waals surface area contributed by atoms with E-state index >= 15 is 0 Å². The average molecular weight is 283 g/mol. The molecule has 2 fully saturated rings. The Morgan fingerprint density at radius 3 is 2.35 bits per heavy atom. The van der Waals surface area contributed by atoms with Crippen molar-refractivity contribution in [3.05, 3.63) is 0 Å². The molecule has 1 saturated carbocycles. The molecule has 0 radical (unpaired) electrons. The van der Waals surface area contributed by atoms with Gasteiger partial charge < -0.3 is 14.4 Å². The minimum absolute atomic E-state index is 0.205. The third kappa shape index (κ3) is 4.19. The van der Waals surface area contributed by atoms with Crippen molar-refractivity contribution in [2.45, 2.75) is 77.0 Å². The summed E-state index contributed by atoms with van der Waals surface area (Å²) >= 11 is 0. The van der Waals surface area contributed by atoms with Crippen LogP contribution in [0.2, 0.25) is 0 Å². The lowest BCUT2D eigenvalue weighted by molar-refractivity contribution is -0.183. The van der Waals surface area contributed by atoms with Crippen molar-refractivity contribution in [1.29, 1.82) is 0 Å². The quantitative estimate of drug-likeness (QED) is 0.709. The molecule has 0 aromatic carbocycles. The Morgan fingerprint density at radius 2 is 1.80 bits per heavy atom. The molecule has 0 bridgehead atoms. The van der Waals surface area contributed by atoms with Crippen LogP contribution in [0.1, 0.15) is 65.2 Å². The highest BCUT2D eigenvalue weighted by atomic mass is 16.7. The van der Waals surface area contributed by atoms with E-state index in [2.05, 4.69) is 25.8 Å². The van der Waals surface area contributed by atoms with Gasteiger partial charge in [-0.3, -0.25) is 0 Å². The molecule has 0 amide bonds. The van der Waals surface area contributed by atoms with E-state index in [1.54, 1.807) is 0 Å². The average Bonchev–Trinajstić information content (AvgIpc) is 2.92. The first kappa shape index (κ1) is 16.3. The van der Waals surface area contributed by atoms with Gasteiger partial charge in [-0.2, -0.15) is 0 Å². The maximum absolute atomic E-state index is 5.82. The molecule has 1 spiro atoms. The summed E-state index contributed by atoms with van der Waals surface area (Å²) in [7, 11) is 2.31. The number of unbranched alkanes of at least 4 members (excludes halogenated alkanes) is 1. The van der Waals surface area contributed by atoms with Crippen molar-refractivity contribution in [3.63, 3.8) is 0 Å². The van der Waals surface area contributed by atoms with E-state index in [0.29, 0.717) is 0 Å². The van der Waals surface area contributed by atoms with E-state index in [4.69, 9.17) is 9.47 Å². The Kier molecular flexibility index (Phi) is 6.31. The van der Waals surface area contributed by atoms with E-state index in [1.165, 1.54) is 45.1 Å². The van der Waals surface area contributed by atoms with Gasteiger partial charge in [-0.15, -0.1) is 0 Å². The van der Waals surface area contributed by atoms with Gasteiger partial charge in [0, 0.05) is 25.4 Å². The normalized spacial score (nSPS) is 24.6. The van der Waals surface area contributed by atoms with Crippen molar-refractivity contribution in [2.75, 3.05) is 26.8 Å². The summed E-state index contributed by atoms with van der Waals surface area (Å²) in [6.07, 6.45) is 10.00. The lowest BCUT2D eigenvalue weighted by Gasteiger charge is -2.40. The third-order valence-electron chi connectivity index (χ3n) is 5.24. The largest absolute Gasteiger partial charge is 0.348 e. The zero-order valence-electron chi connectivity index (χ0n) is 13.7. The van der Waals surface area contributed by atoms with Gasteiger partial charge in [0.1, 0.15) is 0 Å². The Labute approximate surface area is 125 Å². The van der Waals surface area contributed by atoms with E-state index in [9.17, 15) is 0 Å². The Balaban J connectivity index is 1.74. The minimum Gasteiger partial charge on any atom is -0.348 e. The number of ether oxygens (including phenoxy) is 2. The molecule has 2 aliphatic rings. The monoisotopic (exact) mass is 283 g/mol. The first-order valence-corrected chi connectivity index (χ1v) is 8.67. The minimum atomic E-state index is -0.205. The smallest absolute Gasteiger partial charge is 0.168 e. The lowest BCUT2D eigenvalue weighted by Crippen LogP contribution is -2.44. The van der Waals surface area contributed by atoms with Crippen LogP contribution in [-0.4, -0.2) is 43.5 Å². The van der Waals surface area contributed by atoms with E-state index in [-0.39, 0.29) is 5.79 Å². The van der Waals surface area contributed by atoms with Crippen molar-refractivity contribution in [2.24, 2.45) is 5.92 Å². The van der Waals surface area contributed by atoms with E-state index in [0.717, 1.165) is 38.0 Å². The van der Waals surface area contributed by atoms with Gasteiger partial charge in [0.15, 0.2) is 5.79 Å². The van der Waals surface area contributed by atoms with Gasteiger partial charge >= 0.3 is 0 Å². The summed E-state index contributed by atoms with van der Waals surface area (Å²) in [5.41, 5.74) is 0. The number of hydrogen-bond donors (Lipinski definition) is 0. The molecule has 1 aliphatic carbocycles. The van der Waals surface area contributed by atoms with Gasteiger partial charge in [0.2, 0.25) is 0 Å². The SMILES string of the molecule is CCCCC(CC)CN(C)C1CCC2(CC1)OCCO2. The highest BCUT2D eigenvalue weighted by Gasteiger charge is 2.41. The fourth-order valence-electron chi connectivity index (χ4n) is 3.74. The van der Waals surface area contributed by atoms with Gasteiger partial charge in [-0.05, 0) is 32.2 Å². The second kappa shape index (κ2) is 7.77. The predicted molar refractivity (Wildman–Crippen MR) is 82.8 cm³/mol. The molecule has 1 unspecified atom stereocenters. The van der Waals surface area contributed by atoms with Crippen molar-refractivity contribution >= 4 is 0 Å². The molecule has 3 heteroatoms. The van der Waals surface area contributed by atoms with Gasteiger partial charge in [0.05, 0.1) is 13.2 Å². The first-order chi connectivity index (χ1) is 9.69. The summed E-state index contributed by atoms with van der Waals surface area (Å²) in [5.74, 6) is 0.666. The van der Waals surface area contributed by atoms with Crippen molar-refractivity contribution in [3.8, 4) is 0 Å².